The van der Waals surface area contributed by atoms with E-state index in [9.17, 15) is 5.11 Å². The first-order valence-corrected chi connectivity index (χ1v) is 7.62. The molecule has 3 nitrogen and oxygen atoms in total. The first-order chi connectivity index (χ1) is 9.61. The molecule has 5 heteroatoms. The Bertz CT molecular complexity index is 811. The second-order valence-electron chi connectivity index (χ2n) is 4.35. The number of aryl methyl sites for hydroxylation is 1. The van der Waals surface area contributed by atoms with Gasteiger partial charge in [0.25, 0.3) is 0 Å². The van der Waals surface area contributed by atoms with Crippen molar-refractivity contribution in [1.29, 1.82) is 0 Å². The lowest BCUT2D eigenvalue weighted by Gasteiger charge is -1.99. The summed E-state index contributed by atoms with van der Waals surface area (Å²) in [6, 6.07) is 11.2. The van der Waals surface area contributed by atoms with Crippen LogP contribution >= 0.6 is 27.3 Å². The molecular weight excluding hydrogens is 336 g/mol. The van der Waals surface area contributed by atoms with Gasteiger partial charge in [0, 0.05) is 16.3 Å². The van der Waals surface area contributed by atoms with Gasteiger partial charge in [-0.15, -0.1) is 11.3 Å². The van der Waals surface area contributed by atoms with Crippen molar-refractivity contribution < 1.29 is 5.11 Å². The Morgan fingerprint density at radius 3 is 2.95 bits per heavy atom. The Morgan fingerprint density at radius 1 is 1.25 bits per heavy atom. The molecule has 0 spiro atoms. The van der Waals surface area contributed by atoms with Gasteiger partial charge in [0.05, 0.1) is 20.9 Å². The van der Waals surface area contributed by atoms with E-state index in [2.05, 4.69) is 25.9 Å². The summed E-state index contributed by atoms with van der Waals surface area (Å²) in [5.74, 6) is 0.215. The number of aliphatic imine (C=N–C) groups is 1. The van der Waals surface area contributed by atoms with Crippen LogP contribution in [0, 0.1) is 6.92 Å². The Kier molecular flexibility index (Phi) is 3.54. The van der Waals surface area contributed by atoms with Gasteiger partial charge in [0.2, 0.25) is 0 Å². The number of hydrogen-bond acceptors (Lipinski definition) is 4. The molecule has 0 aliphatic heterocycles. The molecule has 2 aromatic carbocycles. The molecule has 0 saturated carbocycles. The molecule has 1 N–H and O–H groups in total. The Hall–Kier alpha value is -1.72. The standard InChI is InChI=1S/C15H11BrN2OS/c1-9-18-13-4-3-12(7-15(13)20-9)17-8-10-6-11(16)2-5-14(10)19/h2-8,19H,1H3. The van der Waals surface area contributed by atoms with Crippen molar-refractivity contribution in [3.05, 3.63) is 51.4 Å². The molecule has 0 fully saturated rings. The van der Waals surface area contributed by atoms with E-state index >= 15 is 0 Å². The zero-order valence-electron chi connectivity index (χ0n) is 10.7. The molecule has 20 heavy (non-hydrogen) atoms. The molecule has 0 saturated heterocycles. The Labute approximate surface area is 128 Å². The summed E-state index contributed by atoms with van der Waals surface area (Å²) in [5.41, 5.74) is 2.53. The average Bonchev–Trinajstić information content (AvgIpc) is 2.79. The normalized spacial score (nSPS) is 11.5. The van der Waals surface area contributed by atoms with Gasteiger partial charge in [-0.25, -0.2) is 4.98 Å². The molecule has 1 aromatic heterocycles. The van der Waals surface area contributed by atoms with Crippen LogP contribution in [-0.4, -0.2) is 16.3 Å². The van der Waals surface area contributed by atoms with Gasteiger partial charge < -0.3 is 5.11 Å². The lowest BCUT2D eigenvalue weighted by molar-refractivity contribution is 0.474. The van der Waals surface area contributed by atoms with E-state index < -0.39 is 0 Å². The fourth-order valence-electron chi connectivity index (χ4n) is 1.88. The predicted octanol–water partition coefficient (Wildman–Crippen LogP) is 4.82. The maximum Gasteiger partial charge on any atom is 0.124 e. The molecule has 0 radical (unpaired) electrons. The number of nitrogens with zero attached hydrogens (tertiary/aromatic N) is 2. The Balaban J connectivity index is 1.95. The topological polar surface area (TPSA) is 45.5 Å². The molecule has 100 valence electrons. The molecule has 0 bridgehead atoms. The summed E-state index contributed by atoms with van der Waals surface area (Å²) >= 11 is 5.03. The third-order valence-corrected chi connectivity index (χ3v) is 4.25. The second-order valence-corrected chi connectivity index (χ2v) is 6.50. The fourth-order valence-corrected chi connectivity index (χ4v) is 3.12. The predicted molar refractivity (Wildman–Crippen MR) is 87.4 cm³/mol. The van der Waals surface area contributed by atoms with Gasteiger partial charge in [-0.1, -0.05) is 15.9 Å². The number of phenols is 1. The monoisotopic (exact) mass is 346 g/mol. The number of rotatable bonds is 2. The van der Waals surface area contributed by atoms with Crippen LogP contribution in [-0.2, 0) is 0 Å². The highest BCUT2D eigenvalue weighted by molar-refractivity contribution is 9.10. The number of halogens is 1. The molecular formula is C15H11BrN2OS. The van der Waals surface area contributed by atoms with Crippen molar-refractivity contribution in [3.63, 3.8) is 0 Å². The van der Waals surface area contributed by atoms with E-state index in [1.807, 2.05) is 31.2 Å². The summed E-state index contributed by atoms with van der Waals surface area (Å²) in [7, 11) is 0. The SMILES string of the molecule is Cc1nc2ccc(N=Cc3cc(Br)ccc3O)cc2s1. The molecule has 0 unspecified atom stereocenters. The number of fused-ring (bicyclic) bond motifs is 1. The van der Waals surface area contributed by atoms with Gasteiger partial charge >= 0.3 is 0 Å². The first-order valence-electron chi connectivity index (χ1n) is 6.01. The number of aromatic nitrogens is 1. The van der Waals surface area contributed by atoms with Crippen molar-refractivity contribution in [2.75, 3.05) is 0 Å². The van der Waals surface area contributed by atoms with Crippen molar-refractivity contribution in [2.24, 2.45) is 4.99 Å². The molecule has 0 aliphatic carbocycles. The average molecular weight is 347 g/mol. The minimum atomic E-state index is 0.215. The van der Waals surface area contributed by atoms with Gasteiger partial charge in [0.15, 0.2) is 0 Å². The van der Waals surface area contributed by atoms with E-state index in [0.717, 1.165) is 25.4 Å². The van der Waals surface area contributed by atoms with Crippen LogP contribution in [0.25, 0.3) is 10.2 Å². The molecule has 0 aliphatic rings. The highest BCUT2D eigenvalue weighted by Crippen LogP contribution is 2.27. The third-order valence-electron chi connectivity index (χ3n) is 2.82. The molecule has 0 atom stereocenters. The number of thiazole rings is 1. The largest absolute Gasteiger partial charge is 0.507 e. The van der Waals surface area contributed by atoms with E-state index in [-0.39, 0.29) is 5.75 Å². The van der Waals surface area contributed by atoms with Crippen LogP contribution in [0.4, 0.5) is 5.69 Å². The molecule has 0 amide bonds. The van der Waals surface area contributed by atoms with E-state index in [1.54, 1.807) is 29.7 Å². The third kappa shape index (κ3) is 2.73. The van der Waals surface area contributed by atoms with Gasteiger partial charge in [-0.2, -0.15) is 0 Å². The van der Waals surface area contributed by atoms with Gasteiger partial charge in [-0.05, 0) is 43.3 Å². The van der Waals surface area contributed by atoms with Crippen molar-refractivity contribution in [1.82, 2.24) is 4.98 Å². The molecule has 3 rings (SSSR count). The van der Waals surface area contributed by atoms with Gasteiger partial charge in [-0.3, -0.25) is 4.99 Å². The minimum absolute atomic E-state index is 0.215. The van der Waals surface area contributed by atoms with Crippen LogP contribution < -0.4 is 0 Å². The fraction of sp³-hybridized carbons (Fsp3) is 0.0667. The maximum atomic E-state index is 9.77. The van der Waals surface area contributed by atoms with E-state index in [4.69, 9.17) is 0 Å². The zero-order chi connectivity index (χ0) is 14.1. The van der Waals surface area contributed by atoms with Crippen molar-refractivity contribution in [2.45, 2.75) is 6.92 Å². The summed E-state index contributed by atoms with van der Waals surface area (Å²) < 4.78 is 2.03. The van der Waals surface area contributed by atoms with Crippen molar-refractivity contribution >= 4 is 49.4 Å². The summed E-state index contributed by atoms with van der Waals surface area (Å²) in [6.07, 6.45) is 1.66. The minimum Gasteiger partial charge on any atom is -0.507 e. The summed E-state index contributed by atoms with van der Waals surface area (Å²) in [6.45, 7) is 1.99. The lowest BCUT2D eigenvalue weighted by atomic mass is 10.2. The van der Waals surface area contributed by atoms with Crippen LogP contribution in [0.2, 0.25) is 0 Å². The summed E-state index contributed by atoms with van der Waals surface area (Å²) in [4.78, 5) is 8.83. The smallest absolute Gasteiger partial charge is 0.124 e. The second kappa shape index (κ2) is 5.34. The van der Waals surface area contributed by atoms with Crippen LogP contribution in [0.3, 0.4) is 0 Å². The van der Waals surface area contributed by atoms with Crippen molar-refractivity contribution in [3.8, 4) is 5.75 Å². The maximum absolute atomic E-state index is 9.77. The highest BCUT2D eigenvalue weighted by Gasteiger charge is 2.02. The number of aromatic hydroxyl groups is 1. The summed E-state index contributed by atoms with van der Waals surface area (Å²) in [5, 5.41) is 10.8. The highest BCUT2D eigenvalue weighted by atomic mass is 79.9. The van der Waals surface area contributed by atoms with Gasteiger partial charge in [0.1, 0.15) is 5.75 Å². The first kappa shape index (κ1) is 13.3. The van der Waals surface area contributed by atoms with E-state index in [1.165, 1.54) is 0 Å². The Morgan fingerprint density at radius 2 is 2.10 bits per heavy atom. The lowest BCUT2D eigenvalue weighted by Crippen LogP contribution is -1.82. The number of phenolic OH excluding ortho intramolecular Hbond substituents is 1. The molecule has 3 aromatic rings. The van der Waals surface area contributed by atoms with Crippen LogP contribution in [0.5, 0.6) is 5.75 Å². The van der Waals surface area contributed by atoms with Crippen LogP contribution in [0.15, 0.2) is 45.9 Å². The molecule has 1 heterocycles. The quantitative estimate of drug-likeness (QED) is 0.676. The van der Waals surface area contributed by atoms with E-state index in [0.29, 0.717) is 5.56 Å². The van der Waals surface area contributed by atoms with Crippen LogP contribution in [0.1, 0.15) is 10.6 Å². The number of benzene rings is 2. The zero-order valence-corrected chi connectivity index (χ0v) is 13.1. The number of hydrogen-bond donors (Lipinski definition) is 1.